The van der Waals surface area contributed by atoms with E-state index in [0.717, 1.165) is 26.5 Å². The van der Waals surface area contributed by atoms with Crippen molar-refractivity contribution in [2.75, 3.05) is 18.2 Å². The maximum atomic E-state index is 11.2. The van der Waals surface area contributed by atoms with E-state index in [1.54, 1.807) is 23.7 Å². The summed E-state index contributed by atoms with van der Waals surface area (Å²) in [4.78, 5) is 18.5. The van der Waals surface area contributed by atoms with Crippen molar-refractivity contribution in [3.8, 4) is 10.6 Å². The number of rotatable bonds is 13. The first kappa shape index (κ1) is 34.4. The zero-order valence-corrected chi connectivity index (χ0v) is 30.7. The predicted molar refractivity (Wildman–Crippen MR) is 181 cm³/mol. The normalized spacial score (nSPS) is 21.4. The molecule has 3 aromatic rings. The van der Waals surface area contributed by atoms with Gasteiger partial charge in [0.15, 0.2) is 5.16 Å². The Bertz CT molecular complexity index is 1330. The number of hydrogen-bond donors (Lipinski definition) is 3. The number of aryl methyl sites for hydroxylation is 1. The zero-order valence-electron chi connectivity index (χ0n) is 27.1. The molecule has 0 saturated heterocycles. The Hall–Kier alpha value is -1.46. The number of aliphatic hydroxyl groups excluding tert-OH is 2. The molecular weight excluding hydrogens is 615 g/mol. The third-order valence-electron chi connectivity index (χ3n) is 8.33. The number of nitrogens with one attached hydrogen (secondary N) is 1. The third kappa shape index (κ3) is 7.35. The molecular formula is C30H48N5O4S2Si2. The number of thiazole rings is 1. The van der Waals surface area contributed by atoms with Gasteiger partial charge in [-0.15, -0.1) is 11.3 Å². The topological polar surface area (TPSA) is 123 Å². The summed E-state index contributed by atoms with van der Waals surface area (Å²) in [5.41, 5.74) is 3.86. The molecule has 13 heteroatoms. The molecule has 1 saturated carbocycles. The van der Waals surface area contributed by atoms with Gasteiger partial charge in [0, 0.05) is 18.7 Å². The van der Waals surface area contributed by atoms with Crippen molar-refractivity contribution in [3.05, 3.63) is 24.2 Å². The maximum Gasteiger partial charge on any atom is 0.333 e. The summed E-state index contributed by atoms with van der Waals surface area (Å²) in [6.07, 6.45) is 4.09. The van der Waals surface area contributed by atoms with Gasteiger partial charge < -0.3 is 24.1 Å². The number of thioether (sulfide) groups is 1. The van der Waals surface area contributed by atoms with Gasteiger partial charge in [0.25, 0.3) is 0 Å². The van der Waals surface area contributed by atoms with E-state index in [0.29, 0.717) is 35.1 Å². The molecule has 9 nitrogen and oxygen atoms in total. The highest BCUT2D eigenvalue weighted by Gasteiger charge is 2.50. The molecule has 0 amide bonds. The highest BCUT2D eigenvalue weighted by Crippen LogP contribution is 2.41. The Labute approximate surface area is 267 Å². The molecule has 4 atom stereocenters. The van der Waals surface area contributed by atoms with Gasteiger partial charge in [0.2, 0.25) is 9.04 Å². The summed E-state index contributed by atoms with van der Waals surface area (Å²) >= 11 is 3.02. The lowest BCUT2D eigenvalue weighted by atomic mass is 10.1. The predicted octanol–water partition coefficient (Wildman–Crippen LogP) is 6.81. The van der Waals surface area contributed by atoms with Crippen LogP contribution in [0.25, 0.3) is 20.8 Å². The second kappa shape index (κ2) is 14.3. The Balaban J connectivity index is 1.58. The molecule has 237 valence electrons. The fraction of sp³-hybridized carbons (Fsp3) is 0.667. The Morgan fingerprint density at radius 2 is 1.72 bits per heavy atom. The summed E-state index contributed by atoms with van der Waals surface area (Å²) in [5, 5.41) is 27.4. The summed E-state index contributed by atoms with van der Waals surface area (Å²) in [7, 11) is -3.75. The quantitative estimate of drug-likeness (QED) is 0.102. The molecule has 0 aromatic carbocycles. The van der Waals surface area contributed by atoms with E-state index in [4.69, 9.17) is 18.5 Å². The van der Waals surface area contributed by atoms with Crippen molar-refractivity contribution < 1.29 is 18.8 Å². The molecule has 0 unspecified atom stereocenters. The minimum atomic E-state index is -2.65. The van der Waals surface area contributed by atoms with E-state index in [1.165, 1.54) is 11.8 Å². The van der Waals surface area contributed by atoms with Crippen LogP contribution in [-0.2, 0) is 8.54 Å². The monoisotopic (exact) mass is 662 g/mol. The minimum Gasteiger partial charge on any atom is -0.435 e. The molecule has 0 aliphatic heterocycles. The maximum absolute atomic E-state index is 11.2. The first-order valence-corrected chi connectivity index (χ1v) is 20.8. The van der Waals surface area contributed by atoms with E-state index < -0.39 is 35.9 Å². The van der Waals surface area contributed by atoms with Crippen LogP contribution in [0.3, 0.4) is 0 Å². The molecule has 0 spiro atoms. The SMILES string of the molecule is CSc1nc(C)c(-c2nc3cnccc3s2)c(N[C@@H]2C[C@H](CO[Si](O[Si](C(C)C)C(C)C)(C(C)C)C(C)C)[C@@H](O)[C@H]2O)n1. The van der Waals surface area contributed by atoms with Crippen molar-refractivity contribution in [3.63, 3.8) is 0 Å². The van der Waals surface area contributed by atoms with Crippen LogP contribution in [0.15, 0.2) is 23.6 Å². The summed E-state index contributed by atoms with van der Waals surface area (Å²) in [5.74, 6) is 0.369. The molecule has 1 radical (unpaired) electrons. The lowest BCUT2D eigenvalue weighted by Gasteiger charge is -2.42. The highest BCUT2D eigenvalue weighted by atomic mass is 32.2. The van der Waals surface area contributed by atoms with Crippen LogP contribution in [0.5, 0.6) is 0 Å². The van der Waals surface area contributed by atoms with Gasteiger partial charge >= 0.3 is 8.56 Å². The van der Waals surface area contributed by atoms with E-state index in [-0.39, 0.29) is 17.0 Å². The van der Waals surface area contributed by atoms with Gasteiger partial charge in [0.05, 0.1) is 34.3 Å². The van der Waals surface area contributed by atoms with Crippen LogP contribution < -0.4 is 5.32 Å². The van der Waals surface area contributed by atoms with Crippen molar-refractivity contribution in [1.82, 2.24) is 19.9 Å². The Morgan fingerprint density at radius 3 is 2.30 bits per heavy atom. The Morgan fingerprint density at radius 1 is 1.05 bits per heavy atom. The zero-order chi connectivity index (χ0) is 31.6. The fourth-order valence-corrected chi connectivity index (χ4v) is 16.8. The molecule has 3 N–H and O–H groups in total. The smallest absolute Gasteiger partial charge is 0.333 e. The van der Waals surface area contributed by atoms with Crippen LogP contribution in [0.4, 0.5) is 5.82 Å². The Kier molecular flexibility index (Phi) is 11.5. The van der Waals surface area contributed by atoms with Gasteiger partial charge in [-0.1, -0.05) is 67.2 Å². The van der Waals surface area contributed by atoms with Gasteiger partial charge in [-0.3, -0.25) is 4.98 Å². The van der Waals surface area contributed by atoms with Gasteiger partial charge in [-0.2, -0.15) is 0 Å². The molecule has 3 heterocycles. The summed E-state index contributed by atoms with van der Waals surface area (Å²) < 4.78 is 15.0. The lowest BCUT2D eigenvalue weighted by Crippen LogP contribution is -2.54. The van der Waals surface area contributed by atoms with Crippen LogP contribution >= 0.6 is 23.1 Å². The number of anilines is 1. The molecule has 43 heavy (non-hydrogen) atoms. The molecule has 3 aromatic heterocycles. The second-order valence-electron chi connectivity index (χ2n) is 12.8. The number of pyridine rings is 1. The standard InChI is InChI=1S/C30H48N5O4S2Si2/c1-16(2)42(17(3)4)39-43(18(5)6,19(7)8)38-15-21-13-22(27(37)26(21)36)33-28-25(20(9)32-30(35-28)40-10)29-34-23-14-31-12-11-24(23)41-29/h11-12,14,16-19,21-22,26-27,36-37H,13,15H2,1-10H3,(H,32,33,35)/t21-,22-,26-,27+/m1/s1. The van der Waals surface area contributed by atoms with Crippen LogP contribution in [0.2, 0.25) is 22.2 Å². The van der Waals surface area contributed by atoms with Crippen LogP contribution in [0.1, 0.15) is 67.5 Å². The lowest BCUT2D eigenvalue weighted by molar-refractivity contribution is 0.00343. The average molecular weight is 663 g/mol. The van der Waals surface area contributed by atoms with Crippen LogP contribution in [0, 0.1) is 12.8 Å². The number of aromatic nitrogens is 4. The molecule has 1 fully saturated rings. The van der Waals surface area contributed by atoms with Gasteiger partial charge in [-0.25, -0.2) is 15.0 Å². The average Bonchev–Trinajstić information content (AvgIpc) is 3.48. The molecule has 1 aliphatic carbocycles. The second-order valence-corrected chi connectivity index (χ2v) is 22.5. The van der Waals surface area contributed by atoms with E-state index in [9.17, 15) is 10.2 Å². The third-order valence-corrected chi connectivity index (χ3v) is 18.3. The molecule has 4 rings (SSSR count). The van der Waals surface area contributed by atoms with E-state index >= 15 is 0 Å². The van der Waals surface area contributed by atoms with Crippen molar-refractivity contribution in [2.45, 2.75) is 114 Å². The summed E-state index contributed by atoms with van der Waals surface area (Å²) in [6, 6.07) is 1.54. The van der Waals surface area contributed by atoms with Crippen LogP contribution in [-0.4, -0.2) is 78.9 Å². The highest BCUT2D eigenvalue weighted by molar-refractivity contribution is 7.98. The number of aliphatic hydroxyl groups is 2. The minimum absolute atomic E-state index is 0.242. The summed E-state index contributed by atoms with van der Waals surface area (Å²) in [6.45, 7) is 20.1. The fourth-order valence-electron chi connectivity index (χ4n) is 6.08. The van der Waals surface area contributed by atoms with E-state index in [1.807, 2.05) is 19.2 Å². The van der Waals surface area contributed by atoms with Gasteiger partial charge in [0.1, 0.15) is 22.4 Å². The number of nitrogens with zero attached hydrogens (tertiary/aromatic N) is 4. The molecule has 0 bridgehead atoms. The van der Waals surface area contributed by atoms with Crippen molar-refractivity contribution in [2.24, 2.45) is 5.92 Å². The van der Waals surface area contributed by atoms with Crippen molar-refractivity contribution in [1.29, 1.82) is 0 Å². The first-order valence-electron chi connectivity index (χ1n) is 15.2. The van der Waals surface area contributed by atoms with Gasteiger partial charge in [-0.05, 0) is 47.8 Å². The number of fused-ring (bicyclic) bond motifs is 1. The van der Waals surface area contributed by atoms with E-state index in [2.05, 4.69) is 70.7 Å². The van der Waals surface area contributed by atoms with Crippen molar-refractivity contribution >= 4 is 56.7 Å². The molecule has 1 aliphatic rings. The number of hydrogen-bond acceptors (Lipinski definition) is 11. The largest absolute Gasteiger partial charge is 0.435 e. The first-order chi connectivity index (χ1) is 20.3.